The van der Waals surface area contributed by atoms with Gasteiger partial charge in [0, 0.05) is 3.57 Å². The molecule has 0 radical (unpaired) electrons. The number of esters is 1. The molecular formula is C14H10FIO3. The molecule has 0 spiro atoms. The third kappa shape index (κ3) is 3.66. The zero-order valence-electron chi connectivity index (χ0n) is 9.77. The van der Waals surface area contributed by atoms with E-state index in [1.165, 1.54) is 30.3 Å². The smallest absolute Gasteiger partial charge is 0.342 e. The van der Waals surface area contributed by atoms with Crippen LogP contribution in [0.5, 0.6) is 5.75 Å². The van der Waals surface area contributed by atoms with E-state index in [2.05, 4.69) is 0 Å². The van der Waals surface area contributed by atoms with Crippen molar-refractivity contribution in [2.45, 2.75) is 6.61 Å². The van der Waals surface area contributed by atoms with Crippen LogP contribution in [0.15, 0.2) is 42.5 Å². The standard InChI is InChI=1S/C14H10FIO3/c15-10-3-1-9(2-4-10)8-19-14(18)12-7-11(16)5-6-13(12)17/h1-7,17H,8H2. The fourth-order valence-corrected chi connectivity index (χ4v) is 1.97. The molecule has 19 heavy (non-hydrogen) atoms. The van der Waals surface area contributed by atoms with E-state index in [4.69, 9.17) is 4.74 Å². The van der Waals surface area contributed by atoms with E-state index in [0.29, 0.717) is 5.56 Å². The second-order valence-electron chi connectivity index (χ2n) is 3.86. The summed E-state index contributed by atoms with van der Waals surface area (Å²) in [6, 6.07) is 10.3. The van der Waals surface area contributed by atoms with E-state index >= 15 is 0 Å². The third-order valence-electron chi connectivity index (χ3n) is 2.46. The van der Waals surface area contributed by atoms with Gasteiger partial charge in [-0.25, -0.2) is 9.18 Å². The molecule has 0 atom stereocenters. The number of hydrogen-bond donors (Lipinski definition) is 1. The highest BCUT2D eigenvalue weighted by Gasteiger charge is 2.13. The van der Waals surface area contributed by atoms with E-state index in [0.717, 1.165) is 3.57 Å². The largest absolute Gasteiger partial charge is 0.507 e. The first-order valence-electron chi connectivity index (χ1n) is 5.46. The van der Waals surface area contributed by atoms with Crippen molar-refractivity contribution in [1.82, 2.24) is 0 Å². The van der Waals surface area contributed by atoms with Gasteiger partial charge < -0.3 is 9.84 Å². The summed E-state index contributed by atoms with van der Waals surface area (Å²) in [7, 11) is 0. The van der Waals surface area contributed by atoms with Crippen LogP contribution in [-0.2, 0) is 11.3 Å². The molecule has 2 rings (SSSR count). The Morgan fingerprint density at radius 2 is 1.89 bits per heavy atom. The lowest BCUT2D eigenvalue weighted by molar-refractivity contribution is 0.0469. The molecule has 3 nitrogen and oxygen atoms in total. The molecule has 0 aromatic heterocycles. The fraction of sp³-hybridized carbons (Fsp3) is 0.0714. The van der Waals surface area contributed by atoms with Crippen LogP contribution in [0.25, 0.3) is 0 Å². The maximum atomic E-state index is 12.7. The lowest BCUT2D eigenvalue weighted by Crippen LogP contribution is -2.06. The summed E-state index contributed by atoms with van der Waals surface area (Å²) < 4.78 is 18.6. The van der Waals surface area contributed by atoms with Crippen molar-refractivity contribution in [3.05, 3.63) is 63.0 Å². The van der Waals surface area contributed by atoms with Crippen molar-refractivity contribution >= 4 is 28.6 Å². The summed E-state index contributed by atoms with van der Waals surface area (Å²) in [6.07, 6.45) is 0. The number of rotatable bonds is 3. The van der Waals surface area contributed by atoms with Crippen LogP contribution < -0.4 is 0 Å². The van der Waals surface area contributed by atoms with E-state index in [9.17, 15) is 14.3 Å². The van der Waals surface area contributed by atoms with Crippen LogP contribution in [0.2, 0.25) is 0 Å². The van der Waals surface area contributed by atoms with Gasteiger partial charge in [0.1, 0.15) is 23.7 Å². The molecule has 0 saturated carbocycles. The van der Waals surface area contributed by atoms with Crippen molar-refractivity contribution in [2.75, 3.05) is 0 Å². The summed E-state index contributed by atoms with van der Waals surface area (Å²) in [4.78, 5) is 11.8. The Morgan fingerprint density at radius 3 is 2.58 bits per heavy atom. The molecule has 0 unspecified atom stereocenters. The van der Waals surface area contributed by atoms with Crippen LogP contribution in [0.3, 0.4) is 0 Å². The number of aromatic hydroxyl groups is 1. The van der Waals surface area contributed by atoms with Crippen LogP contribution in [0.1, 0.15) is 15.9 Å². The fourth-order valence-electron chi connectivity index (χ4n) is 1.48. The molecule has 98 valence electrons. The number of halogens is 2. The number of phenolic OH excluding ortho intramolecular Hbond substituents is 1. The maximum absolute atomic E-state index is 12.7. The van der Waals surface area contributed by atoms with Crippen LogP contribution in [0.4, 0.5) is 4.39 Å². The van der Waals surface area contributed by atoms with Gasteiger partial charge in [0.25, 0.3) is 0 Å². The van der Waals surface area contributed by atoms with Gasteiger partial charge in [-0.2, -0.15) is 0 Å². The van der Waals surface area contributed by atoms with E-state index in [1.54, 1.807) is 12.1 Å². The summed E-state index contributed by atoms with van der Waals surface area (Å²) in [5.41, 5.74) is 0.800. The van der Waals surface area contributed by atoms with E-state index in [1.807, 2.05) is 22.6 Å². The monoisotopic (exact) mass is 372 g/mol. The highest BCUT2D eigenvalue weighted by atomic mass is 127. The second kappa shape index (κ2) is 6.01. The van der Waals surface area contributed by atoms with E-state index in [-0.39, 0.29) is 23.7 Å². The molecule has 2 aromatic rings. The SMILES string of the molecule is O=C(OCc1ccc(F)cc1)c1cc(I)ccc1O. The van der Waals surface area contributed by atoms with Gasteiger partial charge in [-0.3, -0.25) is 0 Å². The quantitative estimate of drug-likeness (QED) is 0.663. The van der Waals surface area contributed by atoms with Crippen molar-refractivity contribution in [3.8, 4) is 5.75 Å². The first kappa shape index (κ1) is 13.8. The molecule has 0 aliphatic rings. The first-order chi connectivity index (χ1) is 9.06. The third-order valence-corrected chi connectivity index (χ3v) is 3.13. The Kier molecular flexibility index (Phi) is 4.36. The van der Waals surface area contributed by atoms with E-state index < -0.39 is 5.97 Å². The average molecular weight is 372 g/mol. The minimum Gasteiger partial charge on any atom is -0.507 e. The van der Waals surface area contributed by atoms with Gasteiger partial charge in [-0.15, -0.1) is 0 Å². The van der Waals surface area contributed by atoms with Crippen molar-refractivity contribution in [3.63, 3.8) is 0 Å². The molecule has 0 fully saturated rings. The first-order valence-corrected chi connectivity index (χ1v) is 6.54. The molecule has 0 heterocycles. The normalized spacial score (nSPS) is 10.2. The number of benzene rings is 2. The zero-order valence-corrected chi connectivity index (χ0v) is 11.9. The molecule has 0 aliphatic carbocycles. The molecule has 0 saturated heterocycles. The predicted molar refractivity (Wildman–Crippen MR) is 76.3 cm³/mol. The molecule has 0 aliphatic heterocycles. The summed E-state index contributed by atoms with van der Waals surface area (Å²) in [5.74, 6) is -1.07. The predicted octanol–water partition coefficient (Wildman–Crippen LogP) is 3.49. The topological polar surface area (TPSA) is 46.5 Å². The van der Waals surface area contributed by atoms with Crippen LogP contribution >= 0.6 is 22.6 Å². The average Bonchev–Trinajstić information content (AvgIpc) is 2.40. The Labute approximate surface area is 123 Å². The Morgan fingerprint density at radius 1 is 1.21 bits per heavy atom. The summed E-state index contributed by atoms with van der Waals surface area (Å²) in [6.45, 7) is 0.0318. The van der Waals surface area contributed by atoms with Crippen molar-refractivity contribution in [1.29, 1.82) is 0 Å². The van der Waals surface area contributed by atoms with Crippen molar-refractivity contribution in [2.24, 2.45) is 0 Å². The molecule has 0 amide bonds. The minimum atomic E-state index is -0.611. The van der Waals surface area contributed by atoms with Gasteiger partial charge in [0.15, 0.2) is 0 Å². The molecule has 5 heteroatoms. The number of carbonyl (C=O) groups excluding carboxylic acids is 1. The number of carbonyl (C=O) groups is 1. The highest BCUT2D eigenvalue weighted by Crippen LogP contribution is 2.21. The Bertz CT molecular complexity index is 596. The van der Waals surface area contributed by atoms with Gasteiger partial charge in [0.2, 0.25) is 0 Å². The number of hydrogen-bond acceptors (Lipinski definition) is 3. The molecule has 0 bridgehead atoms. The number of ether oxygens (including phenoxy) is 1. The number of phenols is 1. The zero-order chi connectivity index (χ0) is 13.8. The van der Waals surface area contributed by atoms with Crippen LogP contribution in [-0.4, -0.2) is 11.1 Å². The van der Waals surface area contributed by atoms with Gasteiger partial charge in [0.05, 0.1) is 0 Å². The molecule has 1 N–H and O–H groups in total. The maximum Gasteiger partial charge on any atom is 0.342 e. The van der Waals surface area contributed by atoms with Crippen molar-refractivity contribution < 1.29 is 19.0 Å². The second-order valence-corrected chi connectivity index (χ2v) is 5.11. The summed E-state index contributed by atoms with van der Waals surface area (Å²) >= 11 is 2.04. The Hall–Kier alpha value is -1.63. The van der Waals surface area contributed by atoms with Gasteiger partial charge in [-0.1, -0.05) is 12.1 Å². The molecule has 2 aromatic carbocycles. The van der Waals surface area contributed by atoms with Gasteiger partial charge >= 0.3 is 5.97 Å². The molecular weight excluding hydrogens is 362 g/mol. The lowest BCUT2D eigenvalue weighted by atomic mass is 10.2. The Balaban J connectivity index is 2.05. The summed E-state index contributed by atoms with van der Waals surface area (Å²) in [5, 5.41) is 9.59. The minimum absolute atomic E-state index is 0.0318. The highest BCUT2D eigenvalue weighted by molar-refractivity contribution is 14.1. The van der Waals surface area contributed by atoms with Crippen LogP contribution in [0, 0.1) is 9.39 Å². The van der Waals surface area contributed by atoms with Gasteiger partial charge in [-0.05, 0) is 58.5 Å². The lowest BCUT2D eigenvalue weighted by Gasteiger charge is -2.07.